The van der Waals surface area contributed by atoms with E-state index in [1.807, 2.05) is 0 Å². The van der Waals surface area contributed by atoms with E-state index in [2.05, 4.69) is 71.2 Å². The Morgan fingerprint density at radius 2 is 0.909 bits per heavy atom. The first-order valence-electron chi connectivity index (χ1n) is 12.6. The van der Waals surface area contributed by atoms with Gasteiger partial charge in [0.1, 0.15) is 48.6 Å². The van der Waals surface area contributed by atoms with Crippen molar-refractivity contribution < 1.29 is 10.0 Å². The van der Waals surface area contributed by atoms with Crippen LogP contribution in [0.1, 0.15) is 47.5 Å². The molecule has 0 aliphatic heterocycles. The predicted molar refractivity (Wildman–Crippen MR) is 183 cm³/mol. The van der Waals surface area contributed by atoms with E-state index >= 15 is 0 Å². The number of H-pyrrole nitrogens is 4. The molecule has 0 spiro atoms. The van der Waals surface area contributed by atoms with Gasteiger partial charge in [-0.1, -0.05) is 43.2 Å². The second-order valence-corrected chi connectivity index (χ2v) is 13.7. The number of aromatic nitrogens is 12. The second kappa shape index (κ2) is 22.9. The number of nitrogens with two attached hydrogens (primary N) is 2. The van der Waals surface area contributed by atoms with Crippen LogP contribution in [0, 0.1) is 0 Å². The quantitative estimate of drug-likeness (QED) is 0.0375. The van der Waals surface area contributed by atoms with Gasteiger partial charge in [0.15, 0.2) is 0 Å². The second-order valence-electron chi connectivity index (χ2n) is 8.62. The molecule has 26 heteroatoms. The van der Waals surface area contributed by atoms with Crippen molar-refractivity contribution in [3.8, 4) is 0 Å². The fourth-order valence-corrected chi connectivity index (χ4v) is 7.81. The number of hydrogen-bond acceptors (Lipinski definition) is 18. The smallest absolute Gasteiger partial charge is 0.374 e. The fourth-order valence-electron chi connectivity index (χ4n) is 3.18. The Morgan fingerprint density at radius 3 is 1.18 bits per heavy atom. The molecule has 0 aliphatic rings. The molecule has 4 aromatic rings. The van der Waals surface area contributed by atoms with E-state index in [-0.39, 0.29) is 49.0 Å². The van der Waals surface area contributed by atoms with Crippen molar-refractivity contribution in [2.24, 2.45) is 11.5 Å². The van der Waals surface area contributed by atoms with E-state index in [1.165, 1.54) is 25.3 Å². The molecular weight excluding hydrogens is 693 g/mol. The molecule has 0 amide bonds. The minimum atomic E-state index is -0.649. The van der Waals surface area contributed by atoms with Crippen molar-refractivity contribution in [1.29, 1.82) is 0 Å². The van der Waals surface area contributed by atoms with Gasteiger partial charge in [-0.3, -0.25) is 20.4 Å². The lowest BCUT2D eigenvalue weighted by molar-refractivity contribution is 0.528. The van der Waals surface area contributed by atoms with Crippen LogP contribution in [-0.4, -0.2) is 108 Å². The van der Waals surface area contributed by atoms with Crippen LogP contribution in [0.5, 0.6) is 0 Å². The van der Waals surface area contributed by atoms with E-state index in [0.29, 0.717) is 34.8 Å². The number of halogens is 2. The molecule has 4 rings (SSSR count). The third-order valence-corrected chi connectivity index (χ3v) is 10.0. The zero-order valence-corrected chi connectivity index (χ0v) is 28.6. The molecule has 0 bridgehead atoms. The highest BCUT2D eigenvalue weighted by molar-refractivity contribution is 8.77. The molecule has 44 heavy (non-hydrogen) atoms. The molecule has 0 saturated heterocycles. The maximum Gasteiger partial charge on any atom is 0.374 e. The van der Waals surface area contributed by atoms with Crippen molar-refractivity contribution in [3.05, 3.63) is 48.6 Å². The topological polar surface area (TPSA) is 283 Å². The van der Waals surface area contributed by atoms with E-state index in [0.717, 1.165) is 11.5 Å². The van der Waals surface area contributed by atoms with Crippen LogP contribution in [0.4, 0.5) is 0 Å². The van der Waals surface area contributed by atoms with Crippen LogP contribution in [0.25, 0.3) is 0 Å². The molecule has 0 saturated carbocycles. The average molecular weight is 729 g/mol. The molecule has 0 aliphatic carbocycles. The number of nitrogens with one attached hydrogen (secondary N) is 6. The summed E-state index contributed by atoms with van der Waals surface area (Å²) in [5.74, 6) is 5.60. The van der Waals surface area contributed by atoms with E-state index in [4.69, 9.17) is 11.5 Å². The molecule has 4 heterocycles. The van der Waals surface area contributed by atoms with Crippen molar-refractivity contribution in [3.63, 3.8) is 0 Å². The summed E-state index contributed by atoms with van der Waals surface area (Å²) < 4.78 is 0. The summed E-state index contributed by atoms with van der Waals surface area (Å²) in [6.45, 7) is 3.32. The highest BCUT2D eigenvalue weighted by Crippen LogP contribution is 2.30. The number of aromatic amines is 4. The van der Waals surface area contributed by atoms with Crippen molar-refractivity contribution in [2.45, 2.75) is 37.8 Å². The molecule has 0 aromatic carbocycles. The Bertz CT molecular complexity index is 1100. The molecule has 4 aromatic heterocycles. The third-order valence-electron chi connectivity index (χ3n) is 5.11. The maximum atomic E-state index is 9.54. The van der Waals surface area contributed by atoms with Gasteiger partial charge >= 0.3 is 14.1 Å². The first-order chi connectivity index (χ1) is 20.3. The zero-order valence-electron chi connectivity index (χ0n) is 23.7. The van der Waals surface area contributed by atoms with E-state index < -0.39 is 14.1 Å². The lowest BCUT2D eigenvalue weighted by atomic mass is 9.87. The fraction of sp³-hybridized carbons (Fsp3) is 0.556. The molecule has 0 fully saturated rings. The van der Waals surface area contributed by atoms with Crippen molar-refractivity contribution in [1.82, 2.24) is 71.2 Å². The van der Waals surface area contributed by atoms with Gasteiger partial charge in [-0.05, 0) is 13.6 Å². The number of hydrogen-bond donors (Lipinski definition) is 10. The van der Waals surface area contributed by atoms with Crippen LogP contribution < -0.4 is 21.9 Å². The van der Waals surface area contributed by atoms with Crippen molar-refractivity contribution in [2.75, 3.05) is 23.0 Å². The van der Waals surface area contributed by atoms with Gasteiger partial charge in [0.2, 0.25) is 0 Å². The summed E-state index contributed by atoms with van der Waals surface area (Å²) in [5.41, 5.74) is 11.8. The zero-order chi connectivity index (χ0) is 30.2. The Labute approximate surface area is 282 Å². The normalized spacial score (nSPS) is 13.4. The Morgan fingerprint density at radius 1 is 0.614 bits per heavy atom. The predicted octanol–water partition coefficient (Wildman–Crippen LogP) is 0.334. The first-order valence-corrected chi connectivity index (χ1v) is 17.6. The summed E-state index contributed by atoms with van der Waals surface area (Å²) in [7, 11) is 5.25. The first kappa shape index (κ1) is 40.5. The summed E-state index contributed by atoms with van der Waals surface area (Å²) >= 11 is 0. The van der Waals surface area contributed by atoms with Gasteiger partial charge in [0, 0.05) is 23.0 Å². The highest BCUT2D eigenvalue weighted by Gasteiger charge is 2.21. The Balaban J connectivity index is 0.000000436. The molecular formula is C18H36B2Cl2N16O2S4. The largest absolute Gasteiger partial charge is 0.437 e. The van der Waals surface area contributed by atoms with Crippen molar-refractivity contribution >= 4 is 82.1 Å². The SMILES string of the molecule is CB(O)N[C@@H](CSSC[C@H](NB(C)O)c1ncn[nH]1)c1ncn[nH]1.Cl.Cl.N[C@@H](CSSC[C@H](N)c1ncn[nH]1)c1ncn[nH]1. The van der Waals surface area contributed by atoms with Gasteiger partial charge in [0.05, 0.1) is 24.2 Å². The third kappa shape index (κ3) is 15.1. The minimum Gasteiger partial charge on any atom is -0.437 e. The summed E-state index contributed by atoms with van der Waals surface area (Å²) in [6.07, 6.45) is 5.78. The van der Waals surface area contributed by atoms with Gasteiger partial charge in [-0.15, -0.1) is 24.8 Å². The Hall–Kier alpha value is -1.57. The lowest BCUT2D eigenvalue weighted by Gasteiger charge is -2.18. The minimum absolute atomic E-state index is 0. The number of rotatable bonds is 18. The summed E-state index contributed by atoms with van der Waals surface area (Å²) in [4.78, 5) is 16.3. The van der Waals surface area contributed by atoms with Crippen LogP contribution in [0.15, 0.2) is 25.3 Å². The molecule has 12 N–H and O–H groups in total. The van der Waals surface area contributed by atoms with Gasteiger partial charge in [-0.2, -0.15) is 20.4 Å². The van der Waals surface area contributed by atoms with E-state index in [9.17, 15) is 10.0 Å². The van der Waals surface area contributed by atoms with Gasteiger partial charge in [0.25, 0.3) is 0 Å². The van der Waals surface area contributed by atoms with Gasteiger partial charge < -0.3 is 32.0 Å². The molecule has 0 radical (unpaired) electrons. The molecule has 18 nitrogen and oxygen atoms in total. The molecule has 0 unspecified atom stereocenters. The van der Waals surface area contributed by atoms with Gasteiger partial charge in [-0.25, -0.2) is 19.9 Å². The lowest BCUT2D eigenvalue weighted by Crippen LogP contribution is -2.36. The van der Waals surface area contributed by atoms with Crippen LogP contribution in [-0.2, 0) is 0 Å². The average Bonchev–Trinajstić information content (AvgIpc) is 3.79. The molecule has 244 valence electrons. The van der Waals surface area contributed by atoms with Crippen LogP contribution in [0.3, 0.4) is 0 Å². The maximum absolute atomic E-state index is 9.54. The molecule has 4 atom stereocenters. The highest BCUT2D eigenvalue weighted by atomic mass is 35.5. The Kier molecular flexibility index (Phi) is 21.0. The van der Waals surface area contributed by atoms with Crippen LogP contribution >= 0.6 is 68.0 Å². The summed E-state index contributed by atoms with van der Waals surface area (Å²) in [6, 6.07) is -0.574. The van der Waals surface area contributed by atoms with Crippen LogP contribution in [0.2, 0.25) is 13.6 Å². The number of nitrogens with zero attached hydrogens (tertiary/aromatic N) is 8. The standard InChI is InChI=1S/C10H20B2N8O2S2.C8H14N8S2.2ClH/c1-11(21)17-7(9-13-5-15-19-9)3-23-24-4-8(18-12(2)22)10-14-6-16-20-10;9-5(7-11-3-13-15-7)1-17-18-2-6(10)8-12-4-14-16-8;;/h5-8,17-18,21-22H,3-4H2,1-2H3,(H,13,15,19)(H,14,16,20);3-6H,1-2,9-10H2,(H,11,13,15)(H,12,14,16);2*1H/t7-,8-;5-,6-;;/m00../s1. The van der Waals surface area contributed by atoms with E-state index in [1.54, 1.807) is 56.8 Å². The summed E-state index contributed by atoms with van der Waals surface area (Å²) in [5, 5.41) is 51.5. The monoisotopic (exact) mass is 728 g/mol.